The number of rotatable bonds is 22. The first-order chi connectivity index (χ1) is 34.8. The number of carbonyl (C=O) groups excluding carboxylic acids is 5. The minimum atomic E-state index is -0.918. The highest BCUT2D eigenvalue weighted by atomic mass is 16.5. The second kappa shape index (κ2) is 22.6. The van der Waals surface area contributed by atoms with Gasteiger partial charge in [0.05, 0.1) is 49.8 Å². The highest BCUT2D eigenvalue weighted by Gasteiger charge is 2.38. The molecule has 0 radical (unpaired) electrons. The fourth-order valence-corrected chi connectivity index (χ4v) is 9.20. The van der Waals surface area contributed by atoms with Gasteiger partial charge in [0.25, 0.3) is 5.91 Å². The van der Waals surface area contributed by atoms with E-state index in [0.717, 1.165) is 40.9 Å². The van der Waals surface area contributed by atoms with E-state index in [1.54, 1.807) is 55.5 Å². The summed E-state index contributed by atoms with van der Waals surface area (Å²) in [6, 6.07) is 27.1. The number of nitrogens with zero attached hydrogens (tertiary/aromatic N) is 3. The average molecular weight is 977 g/mol. The zero-order valence-corrected chi connectivity index (χ0v) is 40.9. The van der Waals surface area contributed by atoms with Gasteiger partial charge in [-0.25, -0.2) is 0 Å². The lowest BCUT2D eigenvalue weighted by Gasteiger charge is -2.22. The lowest BCUT2D eigenvalue weighted by molar-refractivity contribution is -0.125. The van der Waals surface area contributed by atoms with Crippen molar-refractivity contribution in [3.8, 4) is 23.0 Å². The van der Waals surface area contributed by atoms with Crippen molar-refractivity contribution in [2.45, 2.75) is 83.7 Å². The molecular formula is C55H60N8O9. The molecule has 0 saturated heterocycles. The maximum atomic E-state index is 14.1. The van der Waals surface area contributed by atoms with Crippen LogP contribution >= 0.6 is 0 Å². The second-order valence-electron chi connectivity index (χ2n) is 18.1. The van der Waals surface area contributed by atoms with Gasteiger partial charge in [0.1, 0.15) is 19.3 Å². The number of aryl methyl sites for hydroxylation is 1. The van der Waals surface area contributed by atoms with Crippen molar-refractivity contribution in [2.75, 3.05) is 47.7 Å². The molecule has 8 rings (SSSR count). The maximum Gasteiger partial charge on any atom is 0.260 e. The fourth-order valence-electron chi connectivity index (χ4n) is 9.20. The third kappa shape index (κ3) is 11.6. The van der Waals surface area contributed by atoms with Crippen LogP contribution in [0, 0.1) is 6.92 Å². The zero-order valence-electron chi connectivity index (χ0n) is 40.9. The molecule has 3 aliphatic heterocycles. The summed E-state index contributed by atoms with van der Waals surface area (Å²) in [6.45, 7) is 7.97. The van der Waals surface area contributed by atoms with Crippen LogP contribution in [-0.4, -0.2) is 81.7 Å². The number of methoxy groups -OCH3 is 2. The monoisotopic (exact) mass is 976 g/mol. The molecule has 5 aromatic carbocycles. The summed E-state index contributed by atoms with van der Waals surface area (Å²) in [4.78, 5) is 72.1. The number of hydrogen-bond acceptors (Lipinski definition) is 12. The van der Waals surface area contributed by atoms with Crippen molar-refractivity contribution in [1.82, 2.24) is 10.6 Å². The molecular weight excluding hydrogens is 917 g/mol. The number of nitrogens with one attached hydrogen (secondary N) is 4. The second-order valence-corrected chi connectivity index (χ2v) is 18.1. The minimum Gasteiger partial charge on any atom is -0.493 e. The summed E-state index contributed by atoms with van der Waals surface area (Å²) >= 11 is 0. The molecule has 0 spiro atoms. The van der Waals surface area contributed by atoms with Crippen molar-refractivity contribution in [1.29, 1.82) is 0 Å². The molecule has 17 heteroatoms. The van der Waals surface area contributed by atoms with Gasteiger partial charge in [0, 0.05) is 60.5 Å². The van der Waals surface area contributed by atoms with Crippen molar-refractivity contribution in [3.05, 3.63) is 137 Å². The molecule has 6 N–H and O–H groups in total. The quantitative estimate of drug-likeness (QED) is 0.0269. The van der Waals surface area contributed by atoms with Gasteiger partial charge in [-0.3, -0.25) is 29.0 Å². The number of primary amides is 1. The molecule has 5 amide bonds. The Hall–Kier alpha value is -8.34. The molecule has 0 bridgehead atoms. The predicted molar refractivity (Wildman–Crippen MR) is 277 cm³/mol. The van der Waals surface area contributed by atoms with E-state index in [9.17, 15) is 24.0 Å². The van der Waals surface area contributed by atoms with E-state index in [1.807, 2.05) is 66.4 Å². The number of amides is 5. The normalized spacial score (nSPS) is 15.8. The lowest BCUT2D eigenvalue weighted by Crippen LogP contribution is -2.44. The van der Waals surface area contributed by atoms with E-state index in [2.05, 4.69) is 33.9 Å². The molecule has 0 fully saturated rings. The number of carbonyl (C=O) groups is 5. The number of unbranched alkanes of at least 4 members (excludes halogenated alkanes) is 1. The van der Waals surface area contributed by atoms with Crippen LogP contribution in [-0.2, 0) is 45.2 Å². The van der Waals surface area contributed by atoms with Crippen molar-refractivity contribution in [2.24, 2.45) is 10.7 Å². The SMILES string of the molecule is C=C(CCCCC(N)=O)NCC(=O)NC(C)C(=O)Nc1cc(COc2cc(N=C[C@@H]3Cc4ccccc4N3C=O)c(C)cc2OC)cc(COc2cc3c(cc2OC)C(=O)N2c4ccccc4CC2CN3)c1. The number of fused-ring (bicyclic) bond motifs is 5. The molecule has 374 valence electrons. The van der Waals surface area contributed by atoms with Crippen LogP contribution in [0.15, 0.2) is 108 Å². The van der Waals surface area contributed by atoms with Crippen LogP contribution in [0.2, 0.25) is 0 Å². The summed E-state index contributed by atoms with van der Waals surface area (Å²) in [5.41, 5.74) is 14.1. The summed E-state index contributed by atoms with van der Waals surface area (Å²) < 4.78 is 24.4. The zero-order chi connectivity index (χ0) is 50.9. The third-order valence-electron chi connectivity index (χ3n) is 12.9. The average Bonchev–Trinajstić information content (AvgIpc) is 3.90. The molecule has 0 aromatic heterocycles. The predicted octanol–water partition coefficient (Wildman–Crippen LogP) is 7.05. The van der Waals surface area contributed by atoms with Crippen LogP contribution < -0.4 is 55.7 Å². The molecule has 0 aliphatic carbocycles. The number of ether oxygens (including phenoxy) is 4. The van der Waals surface area contributed by atoms with Gasteiger partial charge in [-0.1, -0.05) is 43.0 Å². The number of aliphatic imine (C=N–C) groups is 1. The van der Waals surface area contributed by atoms with Gasteiger partial charge in [0.2, 0.25) is 24.1 Å². The first-order valence-electron chi connectivity index (χ1n) is 23.9. The van der Waals surface area contributed by atoms with E-state index in [4.69, 9.17) is 29.7 Å². The standard InChI is InChI=1S/C55H60N8O9/c1-33-18-48(69-4)50(25-44(33)58-27-41-22-38-13-7-9-15-46(38)62(41)32-64)71-30-36-19-37(21-40(20-36)61-54(67)35(3)60-53(66)29-57-34(2)12-6-11-17-52(56)65)31-72-51-26-45-43(24-49(51)70-5)55(68)63-42(28-59-45)23-39-14-8-10-16-47(39)63/h7-10,13-16,18-21,24-27,32,35,41-42,57,59H,2,6,11-12,17,22-23,28-31H2,1,3-5H3,(H2,56,65)(H,60,66)(H,61,67)/t35?,41-,42?/m0/s1. The van der Waals surface area contributed by atoms with Gasteiger partial charge in [-0.05, 0) is 110 Å². The van der Waals surface area contributed by atoms with E-state index in [-0.39, 0.29) is 50.1 Å². The molecule has 17 nitrogen and oxygen atoms in total. The molecule has 3 atom stereocenters. The Labute approximate surface area is 418 Å². The van der Waals surface area contributed by atoms with Crippen LogP contribution in [0.3, 0.4) is 0 Å². The minimum absolute atomic E-state index is 0.0296. The van der Waals surface area contributed by atoms with Crippen LogP contribution in [0.5, 0.6) is 23.0 Å². The smallest absolute Gasteiger partial charge is 0.260 e. The molecule has 72 heavy (non-hydrogen) atoms. The number of benzene rings is 5. The Kier molecular flexibility index (Phi) is 15.7. The van der Waals surface area contributed by atoms with Crippen molar-refractivity contribution >= 4 is 64.7 Å². The Balaban J connectivity index is 0.999. The van der Waals surface area contributed by atoms with E-state index in [1.165, 1.54) is 7.11 Å². The molecule has 5 aromatic rings. The summed E-state index contributed by atoms with van der Waals surface area (Å²) in [7, 11) is 3.08. The largest absolute Gasteiger partial charge is 0.493 e. The van der Waals surface area contributed by atoms with E-state index < -0.39 is 17.9 Å². The first kappa shape index (κ1) is 50.1. The number of para-hydroxylation sites is 2. The molecule has 0 saturated carbocycles. The number of hydrogen-bond donors (Lipinski definition) is 5. The topological polar surface area (TPSA) is 215 Å². The van der Waals surface area contributed by atoms with E-state index >= 15 is 0 Å². The molecule has 3 aliphatic rings. The maximum absolute atomic E-state index is 14.1. The summed E-state index contributed by atoms with van der Waals surface area (Å²) in [5.74, 6) is 0.311. The Morgan fingerprint density at radius 3 is 2.21 bits per heavy atom. The molecule has 2 unspecified atom stereocenters. The van der Waals surface area contributed by atoms with Gasteiger partial charge >= 0.3 is 0 Å². The highest BCUT2D eigenvalue weighted by Crippen LogP contribution is 2.41. The van der Waals surface area contributed by atoms with Crippen LogP contribution in [0.4, 0.5) is 28.4 Å². The highest BCUT2D eigenvalue weighted by molar-refractivity contribution is 6.12. The van der Waals surface area contributed by atoms with Crippen LogP contribution in [0.25, 0.3) is 0 Å². The number of nitrogens with two attached hydrogens (primary N) is 1. The first-order valence-corrected chi connectivity index (χ1v) is 23.9. The summed E-state index contributed by atoms with van der Waals surface area (Å²) in [5, 5.41) is 12.1. The summed E-state index contributed by atoms with van der Waals surface area (Å²) in [6.07, 6.45) is 6.13. The van der Waals surface area contributed by atoms with Crippen LogP contribution in [0.1, 0.15) is 70.8 Å². The third-order valence-corrected chi connectivity index (χ3v) is 12.9. The lowest BCUT2D eigenvalue weighted by atomic mass is 10.1. The van der Waals surface area contributed by atoms with Gasteiger partial charge in [-0.2, -0.15) is 0 Å². The van der Waals surface area contributed by atoms with E-state index in [0.29, 0.717) is 94.7 Å². The number of anilines is 4. The molecule has 3 heterocycles. The number of allylic oxidation sites excluding steroid dienone is 1. The Bertz CT molecular complexity index is 2920. The Morgan fingerprint density at radius 2 is 1.51 bits per heavy atom. The Morgan fingerprint density at radius 1 is 0.861 bits per heavy atom. The van der Waals surface area contributed by atoms with Gasteiger partial charge < -0.3 is 55.7 Å². The van der Waals surface area contributed by atoms with Gasteiger partial charge in [0.15, 0.2) is 23.0 Å². The van der Waals surface area contributed by atoms with Gasteiger partial charge in [-0.15, -0.1) is 0 Å². The fraction of sp³-hybridized carbons (Fsp3) is 0.309. The van der Waals surface area contributed by atoms with Crippen molar-refractivity contribution < 1.29 is 42.9 Å². The van der Waals surface area contributed by atoms with Crippen molar-refractivity contribution in [3.63, 3.8) is 0 Å².